The molecule has 1 aliphatic heterocycles. The lowest BCUT2D eigenvalue weighted by Crippen LogP contribution is -2.36. The Morgan fingerprint density at radius 1 is 1.10 bits per heavy atom. The van der Waals surface area contributed by atoms with Crippen LogP contribution in [0, 0.1) is 0 Å². The molecule has 1 heterocycles. The van der Waals surface area contributed by atoms with Crippen molar-refractivity contribution in [1.29, 1.82) is 0 Å². The van der Waals surface area contributed by atoms with Gasteiger partial charge in [0.1, 0.15) is 0 Å². The summed E-state index contributed by atoms with van der Waals surface area (Å²) in [5.41, 5.74) is 0. The van der Waals surface area contributed by atoms with Crippen molar-refractivity contribution < 1.29 is 14.2 Å². The third-order valence-corrected chi connectivity index (χ3v) is 1.41. The third kappa shape index (κ3) is 2.42. The molecule has 3 nitrogen and oxygen atoms in total. The average Bonchev–Trinajstić information content (AvgIpc) is 1.88. The Labute approximate surface area is 73.1 Å². The lowest BCUT2D eigenvalue weighted by atomic mass is 10.7. The number of rotatable bonds is 0. The van der Waals surface area contributed by atoms with Crippen LogP contribution in [0.1, 0.15) is 0 Å². The van der Waals surface area contributed by atoms with Crippen molar-refractivity contribution in [2.75, 3.05) is 13.6 Å². The minimum atomic E-state index is -1.54. The lowest BCUT2D eigenvalue weighted by molar-refractivity contribution is -0.296. The Morgan fingerprint density at radius 2 is 1.60 bits per heavy atom. The Kier molecular flexibility index (Phi) is 3.03. The SMILES string of the molecule is ClC(Cl)(Cl)C1OCOCO1. The Hall–Kier alpha value is 0.750. The summed E-state index contributed by atoms with van der Waals surface area (Å²) in [6.45, 7) is 0.192. The van der Waals surface area contributed by atoms with Gasteiger partial charge in [-0.1, -0.05) is 34.8 Å². The van der Waals surface area contributed by atoms with Crippen LogP contribution in [0.2, 0.25) is 0 Å². The van der Waals surface area contributed by atoms with Crippen LogP contribution in [0.25, 0.3) is 0 Å². The number of alkyl halides is 3. The Balaban J connectivity index is 2.39. The fourth-order valence-electron chi connectivity index (χ4n) is 0.491. The first-order valence-electron chi connectivity index (χ1n) is 2.48. The van der Waals surface area contributed by atoms with Gasteiger partial charge in [0.25, 0.3) is 0 Å². The van der Waals surface area contributed by atoms with E-state index in [0.717, 1.165) is 0 Å². The zero-order valence-electron chi connectivity index (χ0n) is 4.85. The molecule has 6 heteroatoms. The normalized spacial score (nSPS) is 23.1. The van der Waals surface area contributed by atoms with Gasteiger partial charge in [-0.05, 0) is 0 Å². The molecular weight excluding hydrogens is 202 g/mol. The first-order chi connectivity index (χ1) is 4.61. The molecule has 1 fully saturated rings. The molecule has 0 aromatic carbocycles. The molecule has 0 atom stereocenters. The molecular formula is C4H5Cl3O3. The fourth-order valence-corrected chi connectivity index (χ4v) is 0.869. The van der Waals surface area contributed by atoms with Crippen molar-refractivity contribution in [3.8, 4) is 0 Å². The van der Waals surface area contributed by atoms with Crippen LogP contribution in [0.4, 0.5) is 0 Å². The zero-order valence-corrected chi connectivity index (χ0v) is 7.12. The molecule has 0 amide bonds. The van der Waals surface area contributed by atoms with Gasteiger partial charge >= 0.3 is 0 Å². The van der Waals surface area contributed by atoms with Gasteiger partial charge in [-0.15, -0.1) is 0 Å². The summed E-state index contributed by atoms with van der Waals surface area (Å²) in [5.74, 6) is 0. The smallest absolute Gasteiger partial charge is 0.241 e. The Morgan fingerprint density at radius 3 is 1.90 bits per heavy atom. The minimum Gasteiger partial charge on any atom is -0.329 e. The summed E-state index contributed by atoms with van der Waals surface area (Å²) < 4.78 is 12.7. The van der Waals surface area contributed by atoms with Crippen LogP contribution in [-0.2, 0) is 14.2 Å². The molecule has 1 rings (SSSR count). The van der Waals surface area contributed by atoms with Gasteiger partial charge in [-0.25, -0.2) is 0 Å². The molecule has 0 aromatic heterocycles. The van der Waals surface area contributed by atoms with E-state index in [1.165, 1.54) is 0 Å². The average molecular weight is 207 g/mol. The first-order valence-corrected chi connectivity index (χ1v) is 3.62. The highest BCUT2D eigenvalue weighted by Gasteiger charge is 2.36. The predicted octanol–water partition coefficient (Wildman–Crippen LogP) is 1.66. The lowest BCUT2D eigenvalue weighted by Gasteiger charge is -2.27. The molecule has 0 saturated carbocycles. The topological polar surface area (TPSA) is 27.7 Å². The van der Waals surface area contributed by atoms with E-state index in [2.05, 4.69) is 4.74 Å². The van der Waals surface area contributed by atoms with E-state index in [4.69, 9.17) is 44.3 Å². The zero-order chi connectivity index (χ0) is 7.61. The van der Waals surface area contributed by atoms with Crippen molar-refractivity contribution >= 4 is 34.8 Å². The quantitative estimate of drug-likeness (QED) is 0.566. The van der Waals surface area contributed by atoms with E-state index >= 15 is 0 Å². The van der Waals surface area contributed by atoms with E-state index in [-0.39, 0.29) is 13.6 Å². The van der Waals surface area contributed by atoms with E-state index < -0.39 is 10.1 Å². The van der Waals surface area contributed by atoms with Gasteiger partial charge in [-0.3, -0.25) is 0 Å². The number of hydrogen-bond acceptors (Lipinski definition) is 3. The monoisotopic (exact) mass is 206 g/mol. The van der Waals surface area contributed by atoms with Gasteiger partial charge in [0.05, 0.1) is 0 Å². The molecule has 60 valence electrons. The van der Waals surface area contributed by atoms with Gasteiger partial charge in [0.15, 0.2) is 13.6 Å². The summed E-state index contributed by atoms with van der Waals surface area (Å²) in [4.78, 5) is 0. The predicted molar refractivity (Wildman–Crippen MR) is 37.1 cm³/mol. The van der Waals surface area contributed by atoms with Crippen LogP contribution < -0.4 is 0 Å². The molecule has 1 aliphatic rings. The summed E-state index contributed by atoms with van der Waals surface area (Å²) >= 11 is 16.3. The second-order valence-electron chi connectivity index (χ2n) is 1.65. The van der Waals surface area contributed by atoms with Gasteiger partial charge in [0.2, 0.25) is 10.1 Å². The summed E-state index contributed by atoms with van der Waals surface area (Å²) in [5, 5.41) is 0. The minimum absolute atomic E-state index is 0.0958. The molecule has 0 N–H and O–H groups in total. The first kappa shape index (κ1) is 8.84. The van der Waals surface area contributed by atoms with Crippen molar-refractivity contribution in [2.24, 2.45) is 0 Å². The van der Waals surface area contributed by atoms with E-state index in [1.807, 2.05) is 0 Å². The maximum absolute atomic E-state index is 5.44. The van der Waals surface area contributed by atoms with E-state index in [1.54, 1.807) is 0 Å². The molecule has 0 bridgehead atoms. The fraction of sp³-hybridized carbons (Fsp3) is 1.00. The molecule has 0 aliphatic carbocycles. The van der Waals surface area contributed by atoms with Crippen molar-refractivity contribution in [2.45, 2.75) is 10.1 Å². The highest BCUT2D eigenvalue weighted by Crippen LogP contribution is 2.33. The van der Waals surface area contributed by atoms with Crippen LogP contribution in [-0.4, -0.2) is 23.7 Å². The molecule has 0 aromatic rings. The molecule has 10 heavy (non-hydrogen) atoms. The molecule has 0 unspecified atom stereocenters. The molecule has 0 radical (unpaired) electrons. The maximum atomic E-state index is 5.44. The second-order valence-corrected chi connectivity index (χ2v) is 4.02. The highest BCUT2D eigenvalue weighted by molar-refractivity contribution is 6.67. The standard InChI is InChI=1S/C4H5Cl3O3/c5-4(6,7)3-9-1-8-2-10-3/h3H,1-2H2. The summed E-state index contributed by atoms with van der Waals surface area (Å²) in [6.07, 6.45) is -0.828. The summed E-state index contributed by atoms with van der Waals surface area (Å²) in [7, 11) is 0. The number of hydrogen-bond donors (Lipinski definition) is 0. The highest BCUT2D eigenvalue weighted by atomic mass is 35.6. The van der Waals surface area contributed by atoms with Gasteiger partial charge in [-0.2, -0.15) is 0 Å². The van der Waals surface area contributed by atoms with E-state index in [9.17, 15) is 0 Å². The molecule has 0 spiro atoms. The van der Waals surface area contributed by atoms with Gasteiger partial charge in [0, 0.05) is 0 Å². The van der Waals surface area contributed by atoms with Crippen molar-refractivity contribution in [3.63, 3.8) is 0 Å². The van der Waals surface area contributed by atoms with E-state index in [0.29, 0.717) is 0 Å². The molecule has 1 saturated heterocycles. The van der Waals surface area contributed by atoms with Crippen LogP contribution in [0.5, 0.6) is 0 Å². The number of ether oxygens (including phenoxy) is 3. The number of halogens is 3. The third-order valence-electron chi connectivity index (χ3n) is 0.873. The largest absolute Gasteiger partial charge is 0.329 e. The van der Waals surface area contributed by atoms with Gasteiger partial charge < -0.3 is 14.2 Å². The van der Waals surface area contributed by atoms with Crippen molar-refractivity contribution in [3.05, 3.63) is 0 Å². The van der Waals surface area contributed by atoms with Crippen LogP contribution >= 0.6 is 34.8 Å². The second kappa shape index (κ2) is 3.43. The summed E-state index contributed by atoms with van der Waals surface area (Å²) in [6, 6.07) is 0. The Bertz CT molecular complexity index is 107. The van der Waals surface area contributed by atoms with Crippen molar-refractivity contribution in [1.82, 2.24) is 0 Å². The maximum Gasteiger partial charge on any atom is 0.241 e. The van der Waals surface area contributed by atoms with Crippen LogP contribution in [0.3, 0.4) is 0 Å². The van der Waals surface area contributed by atoms with Crippen LogP contribution in [0.15, 0.2) is 0 Å².